The first kappa shape index (κ1) is 15.3. The van der Waals surface area contributed by atoms with Crippen LogP contribution in [0, 0.1) is 11.8 Å². The molecule has 2 aliphatic carbocycles. The Morgan fingerprint density at radius 2 is 1.95 bits per heavy atom. The largest absolute Gasteiger partial charge is 0.378 e. The summed E-state index contributed by atoms with van der Waals surface area (Å²) in [6, 6.07) is 0.772. The van der Waals surface area contributed by atoms with Crippen LogP contribution in [0.4, 0.5) is 0 Å². The molecule has 2 saturated carbocycles. The second kappa shape index (κ2) is 8.26. The highest BCUT2D eigenvalue weighted by Gasteiger charge is 2.27. The van der Waals surface area contributed by atoms with Crippen molar-refractivity contribution in [1.29, 1.82) is 0 Å². The van der Waals surface area contributed by atoms with Gasteiger partial charge in [0, 0.05) is 12.6 Å². The number of hydrogen-bond acceptors (Lipinski definition) is 2. The maximum Gasteiger partial charge on any atom is 0.0577 e. The van der Waals surface area contributed by atoms with E-state index in [1.165, 1.54) is 64.3 Å². The molecule has 0 aromatic carbocycles. The number of ether oxygens (including phenoxy) is 1. The lowest BCUT2D eigenvalue weighted by atomic mass is 9.88. The third kappa shape index (κ3) is 5.07. The third-order valence-electron chi connectivity index (χ3n) is 5.05. The van der Waals surface area contributed by atoms with Gasteiger partial charge >= 0.3 is 0 Å². The maximum absolute atomic E-state index is 6.14. The summed E-state index contributed by atoms with van der Waals surface area (Å²) in [6.07, 6.45) is 12.7. The van der Waals surface area contributed by atoms with E-state index in [1.807, 2.05) is 0 Å². The molecule has 19 heavy (non-hydrogen) atoms. The fraction of sp³-hybridized carbons (Fsp3) is 1.00. The van der Waals surface area contributed by atoms with Crippen molar-refractivity contribution in [3.8, 4) is 0 Å². The minimum Gasteiger partial charge on any atom is -0.378 e. The van der Waals surface area contributed by atoms with Crippen LogP contribution < -0.4 is 5.32 Å². The molecule has 0 heterocycles. The molecule has 1 N–H and O–H groups in total. The summed E-state index contributed by atoms with van der Waals surface area (Å²) in [6.45, 7) is 6.80. The summed E-state index contributed by atoms with van der Waals surface area (Å²) in [4.78, 5) is 0. The van der Waals surface area contributed by atoms with Gasteiger partial charge in [-0.05, 0) is 56.9 Å². The molecule has 0 saturated heterocycles. The molecule has 0 radical (unpaired) electrons. The van der Waals surface area contributed by atoms with Crippen LogP contribution in [0.15, 0.2) is 0 Å². The second-order valence-electron chi connectivity index (χ2n) is 6.80. The zero-order valence-electron chi connectivity index (χ0n) is 13.0. The standard InChI is InChI=1S/C17H33NO/c1-3-11-18-17-9-5-7-15(17)10-12-19-16-8-4-6-14(2)13-16/h14-18H,3-13H2,1-2H3. The fourth-order valence-corrected chi connectivity index (χ4v) is 3.90. The Hall–Kier alpha value is -0.0800. The third-order valence-corrected chi connectivity index (χ3v) is 5.05. The first-order chi connectivity index (χ1) is 9.29. The fourth-order valence-electron chi connectivity index (χ4n) is 3.90. The van der Waals surface area contributed by atoms with Crippen LogP contribution in [-0.4, -0.2) is 25.3 Å². The van der Waals surface area contributed by atoms with Crippen molar-refractivity contribution in [3.05, 3.63) is 0 Å². The molecule has 0 aliphatic heterocycles. The molecule has 0 amide bonds. The van der Waals surface area contributed by atoms with Crippen molar-refractivity contribution < 1.29 is 4.74 Å². The molecule has 2 heteroatoms. The lowest BCUT2D eigenvalue weighted by molar-refractivity contribution is 0.00831. The SMILES string of the molecule is CCCNC1CCCC1CCOC1CCCC(C)C1. The molecule has 2 fully saturated rings. The van der Waals surface area contributed by atoms with Crippen LogP contribution in [0.3, 0.4) is 0 Å². The normalized spacial score (nSPS) is 35.7. The van der Waals surface area contributed by atoms with Crippen molar-refractivity contribution in [2.24, 2.45) is 11.8 Å². The van der Waals surface area contributed by atoms with Gasteiger partial charge in [0.25, 0.3) is 0 Å². The molecule has 2 rings (SSSR count). The Balaban J connectivity index is 1.61. The van der Waals surface area contributed by atoms with Gasteiger partial charge in [0.15, 0.2) is 0 Å². The average molecular weight is 267 g/mol. The van der Waals surface area contributed by atoms with Gasteiger partial charge in [-0.1, -0.05) is 33.1 Å². The van der Waals surface area contributed by atoms with E-state index in [-0.39, 0.29) is 0 Å². The molecular formula is C17H33NO. The van der Waals surface area contributed by atoms with E-state index in [1.54, 1.807) is 0 Å². The lowest BCUT2D eigenvalue weighted by Gasteiger charge is -2.28. The van der Waals surface area contributed by atoms with Gasteiger partial charge in [-0.3, -0.25) is 0 Å². The van der Waals surface area contributed by atoms with Gasteiger partial charge in [-0.2, -0.15) is 0 Å². The van der Waals surface area contributed by atoms with Gasteiger partial charge in [0.1, 0.15) is 0 Å². The summed E-state index contributed by atoms with van der Waals surface area (Å²) in [5.41, 5.74) is 0. The van der Waals surface area contributed by atoms with Crippen molar-refractivity contribution in [1.82, 2.24) is 5.32 Å². The molecule has 0 bridgehead atoms. The molecule has 112 valence electrons. The zero-order chi connectivity index (χ0) is 13.5. The number of nitrogens with one attached hydrogen (secondary N) is 1. The van der Waals surface area contributed by atoms with Crippen LogP contribution in [0.5, 0.6) is 0 Å². The Bertz CT molecular complexity index is 243. The van der Waals surface area contributed by atoms with Crippen molar-refractivity contribution in [2.75, 3.05) is 13.2 Å². The molecular weight excluding hydrogens is 234 g/mol. The Labute approximate surface area is 119 Å². The van der Waals surface area contributed by atoms with Crippen LogP contribution in [-0.2, 0) is 4.74 Å². The lowest BCUT2D eigenvalue weighted by Crippen LogP contribution is -2.33. The smallest absolute Gasteiger partial charge is 0.0577 e. The first-order valence-corrected chi connectivity index (χ1v) is 8.64. The monoisotopic (exact) mass is 267 g/mol. The minimum absolute atomic E-state index is 0.562. The molecule has 4 atom stereocenters. The first-order valence-electron chi connectivity index (χ1n) is 8.64. The topological polar surface area (TPSA) is 21.3 Å². The van der Waals surface area contributed by atoms with E-state index in [9.17, 15) is 0 Å². The van der Waals surface area contributed by atoms with Crippen molar-refractivity contribution >= 4 is 0 Å². The van der Waals surface area contributed by atoms with E-state index in [2.05, 4.69) is 19.2 Å². The Kier molecular flexibility index (Phi) is 6.66. The molecule has 2 nitrogen and oxygen atoms in total. The van der Waals surface area contributed by atoms with Crippen molar-refractivity contribution in [2.45, 2.75) is 83.8 Å². The van der Waals surface area contributed by atoms with Gasteiger partial charge in [-0.25, -0.2) is 0 Å². The zero-order valence-corrected chi connectivity index (χ0v) is 13.0. The molecule has 4 unspecified atom stereocenters. The van der Waals surface area contributed by atoms with Crippen LogP contribution in [0.2, 0.25) is 0 Å². The molecule has 0 spiro atoms. The number of hydrogen-bond donors (Lipinski definition) is 1. The van der Waals surface area contributed by atoms with E-state index in [4.69, 9.17) is 4.74 Å². The number of rotatable bonds is 7. The van der Waals surface area contributed by atoms with Gasteiger partial charge < -0.3 is 10.1 Å². The minimum atomic E-state index is 0.562. The quantitative estimate of drug-likeness (QED) is 0.748. The van der Waals surface area contributed by atoms with Gasteiger partial charge in [0.05, 0.1) is 6.10 Å². The van der Waals surface area contributed by atoms with Gasteiger partial charge in [0.2, 0.25) is 0 Å². The van der Waals surface area contributed by atoms with E-state index in [0.29, 0.717) is 6.10 Å². The highest BCUT2D eigenvalue weighted by atomic mass is 16.5. The Morgan fingerprint density at radius 3 is 2.74 bits per heavy atom. The summed E-state index contributed by atoms with van der Waals surface area (Å²) < 4.78 is 6.14. The van der Waals surface area contributed by atoms with Gasteiger partial charge in [-0.15, -0.1) is 0 Å². The summed E-state index contributed by atoms with van der Waals surface area (Å²) >= 11 is 0. The molecule has 2 aliphatic rings. The maximum atomic E-state index is 6.14. The summed E-state index contributed by atoms with van der Waals surface area (Å²) in [5.74, 6) is 1.75. The summed E-state index contributed by atoms with van der Waals surface area (Å²) in [7, 11) is 0. The second-order valence-corrected chi connectivity index (χ2v) is 6.80. The molecule has 0 aromatic rings. The van der Waals surface area contributed by atoms with Crippen molar-refractivity contribution in [3.63, 3.8) is 0 Å². The Morgan fingerprint density at radius 1 is 1.11 bits per heavy atom. The predicted octanol–water partition coefficient (Wildman–Crippen LogP) is 4.14. The predicted molar refractivity (Wildman–Crippen MR) is 81.4 cm³/mol. The average Bonchev–Trinajstić information content (AvgIpc) is 2.84. The van der Waals surface area contributed by atoms with Crippen LogP contribution in [0.1, 0.15) is 71.6 Å². The highest BCUT2D eigenvalue weighted by Crippen LogP contribution is 2.30. The highest BCUT2D eigenvalue weighted by molar-refractivity contribution is 4.83. The molecule has 0 aromatic heterocycles. The summed E-state index contributed by atoms with van der Waals surface area (Å²) in [5, 5.41) is 3.72. The van der Waals surface area contributed by atoms with Crippen LogP contribution in [0.25, 0.3) is 0 Å². The van der Waals surface area contributed by atoms with E-state index in [0.717, 1.165) is 24.5 Å². The van der Waals surface area contributed by atoms with Crippen LogP contribution >= 0.6 is 0 Å². The van der Waals surface area contributed by atoms with E-state index >= 15 is 0 Å². The van der Waals surface area contributed by atoms with E-state index < -0.39 is 0 Å².